The van der Waals surface area contributed by atoms with Crippen molar-refractivity contribution in [3.05, 3.63) is 33.5 Å². The molecule has 15 heavy (non-hydrogen) atoms. The summed E-state index contributed by atoms with van der Waals surface area (Å²) in [5.41, 5.74) is -2.58. The van der Waals surface area contributed by atoms with E-state index in [4.69, 9.17) is 0 Å². The van der Waals surface area contributed by atoms with Gasteiger partial charge in [-0.3, -0.25) is 0 Å². The lowest BCUT2D eigenvalue weighted by Gasteiger charge is -2.11. The summed E-state index contributed by atoms with van der Waals surface area (Å²) in [6.45, 7) is 0. The minimum absolute atomic E-state index is 0.101. The van der Waals surface area contributed by atoms with Gasteiger partial charge < -0.3 is 0 Å². The quantitative estimate of drug-likeness (QED) is 0.667. The summed E-state index contributed by atoms with van der Waals surface area (Å²) >= 11 is 2.46. The van der Waals surface area contributed by atoms with Crippen molar-refractivity contribution in [3.63, 3.8) is 0 Å². The molecule has 84 valence electrons. The van der Waals surface area contributed by atoms with Crippen molar-refractivity contribution in [1.82, 2.24) is 0 Å². The first kappa shape index (κ1) is 12.4. The van der Waals surface area contributed by atoms with Crippen LogP contribution in [-0.2, 0) is 6.18 Å². The van der Waals surface area contributed by atoms with Crippen LogP contribution in [0.4, 0.5) is 26.3 Å². The van der Waals surface area contributed by atoms with Gasteiger partial charge in [-0.15, -0.1) is 0 Å². The third-order valence-electron chi connectivity index (χ3n) is 1.63. The Morgan fingerprint density at radius 3 is 2.07 bits per heavy atom. The molecule has 0 aliphatic heterocycles. The van der Waals surface area contributed by atoms with E-state index in [1.807, 2.05) is 0 Å². The number of hydrogen-bond acceptors (Lipinski definition) is 0. The van der Waals surface area contributed by atoms with Crippen LogP contribution in [0.1, 0.15) is 17.6 Å². The highest BCUT2D eigenvalue weighted by Gasteiger charge is 2.34. The largest absolute Gasteiger partial charge is 0.417 e. The molecule has 0 fully saturated rings. The molecular formula is C8H3BrF6. The lowest BCUT2D eigenvalue weighted by atomic mass is 10.1. The van der Waals surface area contributed by atoms with Crippen LogP contribution in [0.15, 0.2) is 16.6 Å². The Morgan fingerprint density at radius 1 is 1.13 bits per heavy atom. The van der Waals surface area contributed by atoms with Crippen LogP contribution in [-0.4, -0.2) is 0 Å². The molecule has 0 bridgehead atoms. The number of alkyl halides is 5. The average Bonchev–Trinajstić information content (AvgIpc) is 2.00. The van der Waals surface area contributed by atoms with Gasteiger partial charge in [-0.25, -0.2) is 13.2 Å². The van der Waals surface area contributed by atoms with Gasteiger partial charge in [-0.1, -0.05) is 15.9 Å². The number of halogens is 7. The first-order valence-corrected chi connectivity index (χ1v) is 4.37. The highest BCUT2D eigenvalue weighted by atomic mass is 79.9. The van der Waals surface area contributed by atoms with E-state index in [2.05, 4.69) is 15.9 Å². The molecular weight excluding hydrogens is 290 g/mol. The maximum Gasteiger partial charge on any atom is 0.417 e. The smallest absolute Gasteiger partial charge is 0.206 e. The molecule has 0 aromatic heterocycles. The second-order valence-corrected chi connectivity index (χ2v) is 3.51. The van der Waals surface area contributed by atoms with Gasteiger partial charge >= 0.3 is 6.18 Å². The molecule has 0 aliphatic carbocycles. The van der Waals surface area contributed by atoms with Crippen LogP contribution in [0.25, 0.3) is 0 Å². The van der Waals surface area contributed by atoms with Crippen molar-refractivity contribution in [2.45, 2.75) is 12.6 Å². The maximum atomic E-state index is 12.8. The summed E-state index contributed by atoms with van der Waals surface area (Å²) in [5.74, 6) is -1.37. The molecule has 0 saturated heterocycles. The fourth-order valence-corrected chi connectivity index (χ4v) is 1.49. The van der Waals surface area contributed by atoms with Crippen LogP contribution in [0, 0.1) is 5.82 Å². The fraction of sp³-hybridized carbons (Fsp3) is 0.250. The van der Waals surface area contributed by atoms with E-state index in [9.17, 15) is 26.3 Å². The first-order chi connectivity index (χ1) is 6.73. The van der Waals surface area contributed by atoms with Gasteiger partial charge in [-0.2, -0.15) is 13.2 Å². The fourth-order valence-electron chi connectivity index (χ4n) is 0.950. The van der Waals surface area contributed by atoms with Crippen LogP contribution in [0.5, 0.6) is 0 Å². The zero-order chi connectivity index (χ0) is 11.8. The molecule has 0 aliphatic rings. The van der Waals surface area contributed by atoms with Gasteiger partial charge in [0.05, 0.1) is 11.1 Å². The van der Waals surface area contributed by atoms with Gasteiger partial charge in [0.15, 0.2) is 0 Å². The average molecular weight is 293 g/mol. The van der Waals surface area contributed by atoms with E-state index in [0.29, 0.717) is 6.07 Å². The maximum absolute atomic E-state index is 12.8. The van der Waals surface area contributed by atoms with Crippen molar-refractivity contribution in [2.75, 3.05) is 0 Å². The molecule has 0 atom stereocenters. The van der Waals surface area contributed by atoms with Crippen LogP contribution >= 0.6 is 15.9 Å². The van der Waals surface area contributed by atoms with Crippen molar-refractivity contribution in [2.24, 2.45) is 0 Å². The third-order valence-corrected chi connectivity index (χ3v) is 2.28. The Morgan fingerprint density at radius 2 is 1.67 bits per heavy atom. The summed E-state index contributed by atoms with van der Waals surface area (Å²) in [6.07, 6.45) is -8.07. The van der Waals surface area contributed by atoms with Crippen molar-refractivity contribution < 1.29 is 26.3 Å². The molecule has 7 heteroatoms. The minimum atomic E-state index is -4.80. The van der Waals surface area contributed by atoms with E-state index in [1.165, 1.54) is 0 Å². The van der Waals surface area contributed by atoms with E-state index >= 15 is 0 Å². The predicted molar refractivity (Wildman–Crippen MR) is 44.1 cm³/mol. The molecule has 0 heterocycles. The van der Waals surface area contributed by atoms with E-state index in [1.54, 1.807) is 0 Å². The lowest BCUT2D eigenvalue weighted by Crippen LogP contribution is -2.08. The topological polar surface area (TPSA) is 0 Å². The summed E-state index contributed by atoms with van der Waals surface area (Å²) in [7, 11) is 0. The number of benzene rings is 1. The molecule has 0 unspecified atom stereocenters. The predicted octanol–water partition coefficient (Wildman–Crippen LogP) is 4.54. The molecule has 0 amide bonds. The summed E-state index contributed by atoms with van der Waals surface area (Å²) in [6, 6.07) is 0.481. The Hall–Kier alpha value is -0.720. The molecule has 0 radical (unpaired) electrons. The third kappa shape index (κ3) is 2.64. The zero-order valence-corrected chi connectivity index (χ0v) is 8.46. The second-order valence-electron chi connectivity index (χ2n) is 2.65. The second kappa shape index (κ2) is 4.03. The molecule has 1 aromatic carbocycles. The highest BCUT2D eigenvalue weighted by Crippen LogP contribution is 2.38. The minimum Gasteiger partial charge on any atom is -0.206 e. The van der Waals surface area contributed by atoms with E-state index in [-0.39, 0.29) is 6.07 Å². The Kier molecular flexibility index (Phi) is 3.32. The summed E-state index contributed by atoms with van der Waals surface area (Å²) in [4.78, 5) is 0. The summed E-state index contributed by atoms with van der Waals surface area (Å²) in [5, 5.41) is 0. The van der Waals surface area contributed by atoms with E-state index < -0.39 is 34.0 Å². The van der Waals surface area contributed by atoms with Gasteiger partial charge in [0, 0.05) is 4.47 Å². The molecule has 1 rings (SSSR count). The SMILES string of the molecule is Fc1cc(Br)c(C(F)(F)F)cc1C(F)F. The normalized spacial score (nSPS) is 12.3. The van der Waals surface area contributed by atoms with Gasteiger partial charge in [0.1, 0.15) is 5.82 Å². The molecule has 1 aromatic rings. The van der Waals surface area contributed by atoms with E-state index in [0.717, 1.165) is 0 Å². The van der Waals surface area contributed by atoms with Gasteiger partial charge in [0.25, 0.3) is 6.43 Å². The Bertz CT molecular complexity index is 370. The standard InChI is InChI=1S/C8H3BrF6/c9-5-2-6(10)3(7(11)12)1-4(5)8(13,14)15/h1-2,7H. The van der Waals surface area contributed by atoms with Crippen LogP contribution in [0.2, 0.25) is 0 Å². The van der Waals surface area contributed by atoms with Crippen molar-refractivity contribution in [3.8, 4) is 0 Å². The van der Waals surface area contributed by atoms with Gasteiger partial charge in [-0.05, 0) is 12.1 Å². The Balaban J connectivity index is 3.37. The number of hydrogen-bond donors (Lipinski definition) is 0. The zero-order valence-electron chi connectivity index (χ0n) is 6.88. The molecule has 0 nitrogen and oxygen atoms in total. The monoisotopic (exact) mass is 292 g/mol. The van der Waals surface area contributed by atoms with Crippen molar-refractivity contribution in [1.29, 1.82) is 0 Å². The molecule has 0 spiro atoms. The highest BCUT2D eigenvalue weighted by molar-refractivity contribution is 9.10. The summed E-state index contributed by atoms with van der Waals surface area (Å²) < 4.78 is 73.1. The first-order valence-electron chi connectivity index (χ1n) is 3.57. The molecule has 0 saturated carbocycles. The number of rotatable bonds is 1. The van der Waals surface area contributed by atoms with Crippen LogP contribution < -0.4 is 0 Å². The Labute approximate surface area is 89.0 Å². The van der Waals surface area contributed by atoms with Crippen molar-refractivity contribution >= 4 is 15.9 Å². The molecule has 0 N–H and O–H groups in total. The van der Waals surface area contributed by atoms with Crippen LogP contribution in [0.3, 0.4) is 0 Å². The lowest BCUT2D eigenvalue weighted by molar-refractivity contribution is -0.138. The van der Waals surface area contributed by atoms with Gasteiger partial charge in [0.2, 0.25) is 0 Å².